The van der Waals surface area contributed by atoms with Crippen LogP contribution in [0.15, 0.2) is 30.5 Å². The number of H-pyrrole nitrogens is 1. The highest BCUT2D eigenvalue weighted by Gasteiger charge is 2.06. The number of amides is 1. The standard InChI is InChI=1S/C13H14N2O4/c16-12(17)8-19-6-5-15-13(18)10-1-2-11-9(7-10)3-4-14-11/h1-4,7,14H,5-6,8H2,(H,15,18)(H,16,17). The number of benzene rings is 1. The molecule has 1 amide bonds. The monoisotopic (exact) mass is 262 g/mol. The molecule has 0 aliphatic rings. The Kier molecular flexibility index (Phi) is 4.15. The van der Waals surface area contributed by atoms with Gasteiger partial charge in [0.15, 0.2) is 0 Å². The molecule has 0 aliphatic carbocycles. The molecule has 19 heavy (non-hydrogen) atoms. The number of aromatic nitrogens is 1. The number of ether oxygens (including phenoxy) is 1. The van der Waals surface area contributed by atoms with E-state index in [1.165, 1.54) is 0 Å². The number of aliphatic carboxylic acids is 1. The lowest BCUT2D eigenvalue weighted by Gasteiger charge is -2.05. The largest absolute Gasteiger partial charge is 0.480 e. The van der Waals surface area contributed by atoms with Gasteiger partial charge in [0.2, 0.25) is 0 Å². The molecule has 2 aromatic rings. The molecule has 0 saturated carbocycles. The average molecular weight is 262 g/mol. The zero-order chi connectivity index (χ0) is 13.7. The Balaban J connectivity index is 1.84. The summed E-state index contributed by atoms with van der Waals surface area (Å²) in [6.45, 7) is 0.0902. The summed E-state index contributed by atoms with van der Waals surface area (Å²) in [6.07, 6.45) is 1.81. The summed E-state index contributed by atoms with van der Waals surface area (Å²) in [5.41, 5.74) is 1.53. The van der Waals surface area contributed by atoms with Crippen LogP contribution in [0.3, 0.4) is 0 Å². The third kappa shape index (κ3) is 3.56. The maximum Gasteiger partial charge on any atom is 0.329 e. The topological polar surface area (TPSA) is 91.4 Å². The number of carbonyl (C=O) groups is 2. The zero-order valence-electron chi connectivity index (χ0n) is 10.2. The van der Waals surface area contributed by atoms with Crippen molar-refractivity contribution in [2.75, 3.05) is 19.8 Å². The molecule has 100 valence electrons. The Morgan fingerprint density at radius 3 is 2.95 bits per heavy atom. The van der Waals surface area contributed by atoms with Crippen molar-refractivity contribution in [1.82, 2.24) is 10.3 Å². The van der Waals surface area contributed by atoms with Gasteiger partial charge >= 0.3 is 5.97 Å². The molecule has 0 radical (unpaired) electrons. The van der Waals surface area contributed by atoms with Gasteiger partial charge in [-0.05, 0) is 24.3 Å². The minimum absolute atomic E-state index is 0.171. The lowest BCUT2D eigenvalue weighted by molar-refractivity contribution is -0.142. The molecule has 0 aliphatic heterocycles. The summed E-state index contributed by atoms with van der Waals surface area (Å²) in [5.74, 6) is -1.23. The van der Waals surface area contributed by atoms with Crippen LogP contribution in [0.2, 0.25) is 0 Å². The average Bonchev–Trinajstić information content (AvgIpc) is 2.84. The third-order valence-electron chi connectivity index (χ3n) is 2.57. The number of carboxylic acids is 1. The molecular weight excluding hydrogens is 248 g/mol. The molecule has 0 saturated heterocycles. The number of hydrogen-bond donors (Lipinski definition) is 3. The fourth-order valence-corrected chi connectivity index (χ4v) is 1.69. The molecule has 0 bridgehead atoms. The summed E-state index contributed by atoms with van der Waals surface area (Å²) in [6, 6.07) is 7.25. The highest BCUT2D eigenvalue weighted by molar-refractivity contribution is 5.98. The second-order valence-electron chi connectivity index (χ2n) is 3.98. The summed E-state index contributed by atoms with van der Waals surface area (Å²) in [5, 5.41) is 12.0. The minimum Gasteiger partial charge on any atom is -0.480 e. The van der Waals surface area contributed by atoms with Crippen LogP contribution >= 0.6 is 0 Å². The van der Waals surface area contributed by atoms with E-state index in [-0.39, 0.29) is 25.7 Å². The van der Waals surface area contributed by atoms with Crippen LogP contribution in [-0.2, 0) is 9.53 Å². The number of hydrogen-bond acceptors (Lipinski definition) is 3. The van der Waals surface area contributed by atoms with Crippen molar-refractivity contribution < 1.29 is 19.4 Å². The van der Waals surface area contributed by atoms with Gasteiger partial charge in [-0.2, -0.15) is 0 Å². The first-order chi connectivity index (χ1) is 9.16. The predicted octanol–water partition coefficient (Wildman–Crippen LogP) is 0.999. The molecule has 0 atom stereocenters. The molecule has 6 nitrogen and oxygen atoms in total. The number of carbonyl (C=O) groups excluding carboxylic acids is 1. The van der Waals surface area contributed by atoms with Gasteiger partial charge in [-0.1, -0.05) is 0 Å². The van der Waals surface area contributed by atoms with E-state index in [1.54, 1.807) is 12.1 Å². The number of fused-ring (bicyclic) bond motifs is 1. The van der Waals surface area contributed by atoms with Crippen LogP contribution in [0.5, 0.6) is 0 Å². The van der Waals surface area contributed by atoms with Crippen molar-refractivity contribution >= 4 is 22.8 Å². The summed E-state index contributed by atoms with van der Waals surface area (Å²) in [7, 11) is 0. The summed E-state index contributed by atoms with van der Waals surface area (Å²) in [4.78, 5) is 25.1. The summed E-state index contributed by atoms with van der Waals surface area (Å²) < 4.78 is 4.82. The highest BCUT2D eigenvalue weighted by Crippen LogP contribution is 2.13. The van der Waals surface area contributed by atoms with E-state index < -0.39 is 5.97 Å². The fourth-order valence-electron chi connectivity index (χ4n) is 1.69. The Bertz CT molecular complexity index is 591. The Morgan fingerprint density at radius 2 is 2.16 bits per heavy atom. The first-order valence-corrected chi connectivity index (χ1v) is 5.82. The highest BCUT2D eigenvalue weighted by atomic mass is 16.5. The smallest absolute Gasteiger partial charge is 0.329 e. The van der Waals surface area contributed by atoms with Crippen LogP contribution in [0, 0.1) is 0 Å². The number of aromatic amines is 1. The van der Waals surface area contributed by atoms with Gasteiger partial charge in [0, 0.05) is 29.2 Å². The lowest BCUT2D eigenvalue weighted by atomic mass is 10.1. The van der Waals surface area contributed by atoms with E-state index in [0.29, 0.717) is 5.56 Å². The van der Waals surface area contributed by atoms with E-state index in [0.717, 1.165) is 10.9 Å². The first kappa shape index (κ1) is 13.1. The molecule has 0 unspecified atom stereocenters. The molecule has 0 fully saturated rings. The number of nitrogens with one attached hydrogen (secondary N) is 2. The van der Waals surface area contributed by atoms with E-state index in [1.807, 2.05) is 18.3 Å². The Morgan fingerprint density at radius 1 is 1.32 bits per heavy atom. The van der Waals surface area contributed by atoms with Gasteiger partial charge in [-0.3, -0.25) is 4.79 Å². The van der Waals surface area contributed by atoms with E-state index >= 15 is 0 Å². The van der Waals surface area contributed by atoms with Crippen molar-refractivity contribution in [3.63, 3.8) is 0 Å². The maximum absolute atomic E-state index is 11.8. The number of carboxylic acid groups (broad SMARTS) is 1. The van der Waals surface area contributed by atoms with Gasteiger partial charge in [0.25, 0.3) is 5.91 Å². The molecule has 0 spiro atoms. The van der Waals surface area contributed by atoms with E-state index in [4.69, 9.17) is 9.84 Å². The predicted molar refractivity (Wildman–Crippen MR) is 69.1 cm³/mol. The maximum atomic E-state index is 11.8. The van der Waals surface area contributed by atoms with Crippen molar-refractivity contribution in [3.8, 4) is 0 Å². The van der Waals surface area contributed by atoms with Gasteiger partial charge < -0.3 is 20.1 Å². The molecule has 1 aromatic heterocycles. The third-order valence-corrected chi connectivity index (χ3v) is 2.57. The van der Waals surface area contributed by atoms with E-state index in [2.05, 4.69) is 10.3 Å². The van der Waals surface area contributed by atoms with Crippen LogP contribution in [0.1, 0.15) is 10.4 Å². The van der Waals surface area contributed by atoms with Crippen molar-refractivity contribution in [3.05, 3.63) is 36.0 Å². The Labute approximate surface area is 109 Å². The van der Waals surface area contributed by atoms with Crippen molar-refractivity contribution in [1.29, 1.82) is 0 Å². The lowest BCUT2D eigenvalue weighted by Crippen LogP contribution is -2.27. The van der Waals surface area contributed by atoms with Crippen LogP contribution in [0.4, 0.5) is 0 Å². The van der Waals surface area contributed by atoms with Gasteiger partial charge in [0.1, 0.15) is 6.61 Å². The van der Waals surface area contributed by atoms with E-state index in [9.17, 15) is 9.59 Å². The molecule has 1 heterocycles. The van der Waals surface area contributed by atoms with Gasteiger partial charge in [-0.25, -0.2) is 4.79 Å². The molecule has 3 N–H and O–H groups in total. The van der Waals surface area contributed by atoms with Crippen molar-refractivity contribution in [2.24, 2.45) is 0 Å². The quantitative estimate of drug-likeness (QED) is 0.677. The van der Waals surface area contributed by atoms with Gasteiger partial charge in [0.05, 0.1) is 6.61 Å². The van der Waals surface area contributed by atoms with Crippen LogP contribution < -0.4 is 5.32 Å². The van der Waals surface area contributed by atoms with Crippen molar-refractivity contribution in [2.45, 2.75) is 0 Å². The van der Waals surface area contributed by atoms with Crippen LogP contribution in [-0.4, -0.2) is 41.7 Å². The zero-order valence-corrected chi connectivity index (χ0v) is 10.2. The second kappa shape index (κ2) is 6.01. The Hall–Kier alpha value is -2.34. The number of rotatable bonds is 6. The first-order valence-electron chi connectivity index (χ1n) is 5.82. The molecule has 6 heteroatoms. The second-order valence-corrected chi connectivity index (χ2v) is 3.98. The van der Waals surface area contributed by atoms with Crippen LogP contribution in [0.25, 0.3) is 10.9 Å². The SMILES string of the molecule is O=C(O)COCCNC(=O)c1ccc2[nH]ccc2c1. The minimum atomic E-state index is -1.02. The fraction of sp³-hybridized carbons (Fsp3) is 0.231. The normalized spacial score (nSPS) is 10.5. The molecule has 2 rings (SSSR count). The summed E-state index contributed by atoms with van der Waals surface area (Å²) >= 11 is 0. The molecular formula is C13H14N2O4. The van der Waals surface area contributed by atoms with Gasteiger partial charge in [-0.15, -0.1) is 0 Å². The molecule has 1 aromatic carbocycles.